The van der Waals surface area contributed by atoms with Crippen molar-refractivity contribution in [3.8, 4) is 0 Å². The molecule has 0 aliphatic heterocycles. The van der Waals surface area contributed by atoms with E-state index in [1.54, 1.807) is 40.4 Å². The van der Waals surface area contributed by atoms with Gasteiger partial charge in [-0.15, -0.1) is 23.1 Å². The summed E-state index contributed by atoms with van der Waals surface area (Å²) in [5.74, 6) is -0.289. The summed E-state index contributed by atoms with van der Waals surface area (Å²) >= 11 is 3.03. The second kappa shape index (κ2) is 13.9. The van der Waals surface area contributed by atoms with E-state index in [9.17, 15) is 14.0 Å². The smallest absolute Gasteiger partial charge is 0.242 e. The number of carbonyl (C=O) groups is 2. The zero-order chi connectivity index (χ0) is 24.2. The highest BCUT2D eigenvalue weighted by Crippen LogP contribution is 2.19. The molecule has 0 aliphatic rings. The minimum atomic E-state index is -0.314. The van der Waals surface area contributed by atoms with E-state index >= 15 is 0 Å². The number of methoxy groups -OCH3 is 1. The molecule has 0 atom stereocenters. The molecule has 180 valence electrons. The van der Waals surface area contributed by atoms with E-state index in [0.29, 0.717) is 32.7 Å². The number of thiophene rings is 1. The fraction of sp³-hybridized carbons (Fsp3) is 0.308. The predicted octanol–water partition coefficient (Wildman–Crippen LogP) is 5.07. The maximum Gasteiger partial charge on any atom is 0.242 e. The lowest BCUT2D eigenvalue weighted by atomic mass is 10.2. The summed E-state index contributed by atoms with van der Waals surface area (Å²) in [5.41, 5.74) is 0.836. The van der Waals surface area contributed by atoms with Gasteiger partial charge in [-0.1, -0.05) is 36.4 Å². The van der Waals surface area contributed by atoms with Crippen LogP contribution in [-0.4, -0.2) is 54.2 Å². The number of ether oxygens (including phenoxy) is 1. The van der Waals surface area contributed by atoms with Gasteiger partial charge in [0.2, 0.25) is 11.8 Å². The Morgan fingerprint density at radius 3 is 2.38 bits per heavy atom. The highest BCUT2D eigenvalue weighted by atomic mass is 32.2. The van der Waals surface area contributed by atoms with Crippen molar-refractivity contribution < 1.29 is 18.7 Å². The van der Waals surface area contributed by atoms with Crippen LogP contribution in [0, 0.1) is 5.82 Å². The van der Waals surface area contributed by atoms with Crippen molar-refractivity contribution in [2.75, 3.05) is 32.6 Å². The van der Waals surface area contributed by atoms with Gasteiger partial charge in [0.15, 0.2) is 0 Å². The Morgan fingerprint density at radius 1 is 0.941 bits per heavy atom. The number of nitrogens with zero attached hydrogens (tertiary/aromatic N) is 2. The second-order valence-corrected chi connectivity index (χ2v) is 9.80. The minimum absolute atomic E-state index is 0.00946. The van der Waals surface area contributed by atoms with Crippen molar-refractivity contribution in [1.82, 2.24) is 9.80 Å². The van der Waals surface area contributed by atoms with E-state index in [2.05, 4.69) is 0 Å². The van der Waals surface area contributed by atoms with Crippen LogP contribution in [0.4, 0.5) is 4.39 Å². The van der Waals surface area contributed by atoms with Gasteiger partial charge in [0.25, 0.3) is 0 Å². The van der Waals surface area contributed by atoms with Crippen LogP contribution in [0.25, 0.3) is 0 Å². The molecular formula is C26H29FN2O3S2. The van der Waals surface area contributed by atoms with Crippen LogP contribution in [0.5, 0.6) is 0 Å². The van der Waals surface area contributed by atoms with Gasteiger partial charge in [-0.05, 0) is 47.7 Å². The molecule has 5 nitrogen and oxygen atoms in total. The molecule has 3 aromatic rings. The largest absolute Gasteiger partial charge is 0.385 e. The van der Waals surface area contributed by atoms with Gasteiger partial charge in [-0.2, -0.15) is 0 Å². The molecule has 0 bridgehead atoms. The first-order valence-electron chi connectivity index (χ1n) is 11.0. The predicted molar refractivity (Wildman–Crippen MR) is 135 cm³/mol. The van der Waals surface area contributed by atoms with Crippen LogP contribution >= 0.6 is 23.1 Å². The number of amides is 2. The van der Waals surface area contributed by atoms with Crippen molar-refractivity contribution in [3.63, 3.8) is 0 Å². The van der Waals surface area contributed by atoms with Crippen LogP contribution in [-0.2, 0) is 27.4 Å². The lowest BCUT2D eigenvalue weighted by molar-refractivity contribution is -0.140. The van der Waals surface area contributed by atoms with E-state index in [1.807, 2.05) is 47.8 Å². The molecule has 0 aliphatic carbocycles. The quantitative estimate of drug-likeness (QED) is 0.243. The summed E-state index contributed by atoms with van der Waals surface area (Å²) in [5, 5.41) is 1.97. The van der Waals surface area contributed by atoms with Crippen molar-refractivity contribution in [2.45, 2.75) is 24.4 Å². The molecule has 0 saturated carbocycles. The van der Waals surface area contributed by atoms with Crippen LogP contribution < -0.4 is 0 Å². The molecule has 0 N–H and O–H groups in total. The standard InChI is InChI=1S/C26H29FN2O3S2/c1-32-15-6-14-28(26(31)20-34-23-7-3-2-4-8-23)19-25(30)29(18-24-9-5-16-33-24)17-21-10-12-22(27)13-11-21/h2-5,7-13,16H,6,14-15,17-20H2,1H3. The minimum Gasteiger partial charge on any atom is -0.385 e. The first-order valence-corrected chi connectivity index (χ1v) is 12.9. The number of rotatable bonds is 13. The van der Waals surface area contributed by atoms with Crippen LogP contribution in [0.1, 0.15) is 16.9 Å². The molecule has 2 amide bonds. The summed E-state index contributed by atoms with van der Waals surface area (Å²) < 4.78 is 18.5. The number of halogens is 1. The monoisotopic (exact) mass is 500 g/mol. The summed E-state index contributed by atoms with van der Waals surface area (Å²) in [4.78, 5) is 31.8. The van der Waals surface area contributed by atoms with Crippen molar-refractivity contribution in [2.24, 2.45) is 0 Å². The first kappa shape index (κ1) is 25.9. The number of carbonyl (C=O) groups excluding carboxylic acids is 2. The summed E-state index contributed by atoms with van der Waals surface area (Å²) in [6.45, 7) is 1.72. The zero-order valence-corrected chi connectivity index (χ0v) is 20.8. The van der Waals surface area contributed by atoms with E-state index in [-0.39, 0.29) is 29.9 Å². The Hall–Kier alpha value is -2.68. The third-order valence-corrected chi connectivity index (χ3v) is 6.98. The third-order valence-electron chi connectivity index (χ3n) is 5.13. The molecular weight excluding hydrogens is 471 g/mol. The highest BCUT2D eigenvalue weighted by molar-refractivity contribution is 8.00. The van der Waals surface area contributed by atoms with Gasteiger partial charge in [-0.3, -0.25) is 9.59 Å². The van der Waals surface area contributed by atoms with E-state index in [1.165, 1.54) is 23.9 Å². The van der Waals surface area contributed by atoms with Gasteiger partial charge >= 0.3 is 0 Å². The van der Waals surface area contributed by atoms with Gasteiger partial charge in [0.05, 0.1) is 18.8 Å². The van der Waals surface area contributed by atoms with Crippen LogP contribution in [0.15, 0.2) is 77.0 Å². The lowest BCUT2D eigenvalue weighted by Gasteiger charge is -2.28. The second-order valence-electron chi connectivity index (χ2n) is 7.72. The normalized spacial score (nSPS) is 10.8. The van der Waals surface area contributed by atoms with Gasteiger partial charge < -0.3 is 14.5 Å². The van der Waals surface area contributed by atoms with Gasteiger partial charge in [0.1, 0.15) is 5.82 Å². The number of hydrogen-bond acceptors (Lipinski definition) is 5. The summed E-state index contributed by atoms with van der Waals surface area (Å²) in [6, 6.07) is 19.8. The molecule has 2 aromatic carbocycles. The van der Waals surface area contributed by atoms with Crippen LogP contribution in [0.3, 0.4) is 0 Å². The molecule has 0 saturated heterocycles. The zero-order valence-electron chi connectivity index (χ0n) is 19.2. The fourth-order valence-corrected chi connectivity index (χ4v) is 4.88. The molecule has 8 heteroatoms. The van der Waals surface area contributed by atoms with E-state index < -0.39 is 0 Å². The topological polar surface area (TPSA) is 49.9 Å². The molecule has 0 fully saturated rings. The summed E-state index contributed by atoms with van der Waals surface area (Å²) in [6.07, 6.45) is 0.647. The molecule has 1 heterocycles. The Balaban J connectivity index is 1.69. The lowest BCUT2D eigenvalue weighted by Crippen LogP contribution is -2.43. The van der Waals surface area contributed by atoms with E-state index in [0.717, 1.165) is 15.3 Å². The van der Waals surface area contributed by atoms with Gasteiger partial charge in [-0.25, -0.2) is 4.39 Å². The average Bonchev–Trinajstić information content (AvgIpc) is 3.37. The average molecular weight is 501 g/mol. The Kier molecular flexibility index (Phi) is 10.6. The number of benzene rings is 2. The van der Waals surface area contributed by atoms with Crippen LogP contribution in [0.2, 0.25) is 0 Å². The molecule has 1 aromatic heterocycles. The van der Waals surface area contributed by atoms with Crippen molar-refractivity contribution in [1.29, 1.82) is 0 Å². The third kappa shape index (κ3) is 8.59. The SMILES string of the molecule is COCCCN(CC(=O)N(Cc1ccc(F)cc1)Cc1cccs1)C(=O)CSc1ccccc1. The molecule has 0 unspecified atom stereocenters. The maximum absolute atomic E-state index is 13.4. The first-order chi connectivity index (χ1) is 16.5. The Bertz CT molecular complexity index is 1010. The Labute approximate surface area is 208 Å². The summed E-state index contributed by atoms with van der Waals surface area (Å²) in [7, 11) is 1.62. The van der Waals surface area contributed by atoms with Crippen molar-refractivity contribution in [3.05, 3.63) is 88.4 Å². The molecule has 3 rings (SSSR count). The molecule has 34 heavy (non-hydrogen) atoms. The molecule has 0 spiro atoms. The van der Waals surface area contributed by atoms with Gasteiger partial charge in [0, 0.05) is 36.6 Å². The maximum atomic E-state index is 13.4. The van der Waals surface area contributed by atoms with Crippen molar-refractivity contribution >= 4 is 34.9 Å². The highest BCUT2D eigenvalue weighted by Gasteiger charge is 2.22. The van der Waals surface area contributed by atoms with E-state index in [4.69, 9.17) is 4.74 Å². The number of thioether (sulfide) groups is 1. The number of hydrogen-bond donors (Lipinski definition) is 0. The Morgan fingerprint density at radius 2 is 1.71 bits per heavy atom. The fourth-order valence-electron chi connectivity index (χ4n) is 3.34. The molecule has 0 radical (unpaired) electrons.